The predicted molar refractivity (Wildman–Crippen MR) is 92.2 cm³/mol. The first kappa shape index (κ1) is 19.2. The summed E-state index contributed by atoms with van der Waals surface area (Å²) in [5.41, 5.74) is 1.42. The Labute approximate surface area is 148 Å². The fourth-order valence-corrected chi connectivity index (χ4v) is 2.80. The van der Waals surface area contributed by atoms with Gasteiger partial charge in [0.15, 0.2) is 0 Å². The molecule has 1 atom stereocenters. The second kappa shape index (κ2) is 7.43. The Morgan fingerprint density at radius 3 is 2.64 bits per heavy atom. The number of aromatic nitrogens is 2. The maximum Gasteiger partial charge on any atom is 0.410 e. The number of nitrogens with zero attached hydrogens (tertiary/aromatic N) is 3. The van der Waals surface area contributed by atoms with Gasteiger partial charge in [-0.25, -0.2) is 4.79 Å². The van der Waals surface area contributed by atoms with Crippen LogP contribution < -0.4 is 5.32 Å². The number of hydrogen-bond donors (Lipinski definition) is 2. The van der Waals surface area contributed by atoms with Gasteiger partial charge in [-0.2, -0.15) is 5.10 Å². The van der Waals surface area contributed by atoms with Crippen LogP contribution in [0, 0.1) is 0 Å². The average molecular weight is 352 g/mol. The predicted octanol–water partition coefficient (Wildman–Crippen LogP) is 1.21. The molecule has 0 aliphatic carbocycles. The Bertz CT molecular complexity index is 644. The fourth-order valence-electron chi connectivity index (χ4n) is 2.80. The zero-order valence-corrected chi connectivity index (χ0v) is 15.6. The Kier molecular flexibility index (Phi) is 5.72. The summed E-state index contributed by atoms with van der Waals surface area (Å²) in [7, 11) is 1.71. The van der Waals surface area contributed by atoms with E-state index in [9.17, 15) is 14.7 Å². The van der Waals surface area contributed by atoms with Gasteiger partial charge in [-0.05, 0) is 27.2 Å². The smallest absolute Gasteiger partial charge is 0.410 e. The Morgan fingerprint density at radius 2 is 2.08 bits per heavy atom. The van der Waals surface area contributed by atoms with Crippen LogP contribution >= 0.6 is 0 Å². The summed E-state index contributed by atoms with van der Waals surface area (Å²) in [6.45, 7) is 8.04. The highest BCUT2D eigenvalue weighted by Crippen LogP contribution is 2.23. The van der Waals surface area contributed by atoms with Gasteiger partial charge in [-0.3, -0.25) is 9.48 Å². The van der Waals surface area contributed by atoms with Crippen molar-refractivity contribution in [3.8, 4) is 0 Å². The van der Waals surface area contributed by atoms with E-state index in [-0.39, 0.29) is 25.1 Å². The SMILES string of the molecule is CCC(CO)NC(=O)c1c2c(nn1C)CCN(C(=O)OC(C)(C)C)C2. The van der Waals surface area contributed by atoms with E-state index >= 15 is 0 Å². The van der Waals surface area contributed by atoms with E-state index in [1.165, 1.54) is 0 Å². The number of aliphatic hydroxyl groups excluding tert-OH is 1. The van der Waals surface area contributed by atoms with Crippen LogP contribution in [-0.4, -0.2) is 56.6 Å². The molecule has 2 heterocycles. The lowest BCUT2D eigenvalue weighted by Crippen LogP contribution is -2.41. The number of aliphatic hydroxyl groups is 1. The van der Waals surface area contributed by atoms with E-state index in [0.29, 0.717) is 25.1 Å². The van der Waals surface area contributed by atoms with Crippen LogP contribution in [0.3, 0.4) is 0 Å². The van der Waals surface area contributed by atoms with Crippen molar-refractivity contribution in [3.63, 3.8) is 0 Å². The van der Waals surface area contributed by atoms with E-state index in [0.717, 1.165) is 11.3 Å². The lowest BCUT2D eigenvalue weighted by Gasteiger charge is -2.30. The highest BCUT2D eigenvalue weighted by atomic mass is 16.6. The first-order chi connectivity index (χ1) is 11.7. The Hall–Kier alpha value is -2.09. The van der Waals surface area contributed by atoms with Crippen molar-refractivity contribution < 1.29 is 19.4 Å². The maximum atomic E-state index is 12.6. The minimum Gasteiger partial charge on any atom is -0.444 e. The normalized spacial score (nSPS) is 15.5. The zero-order valence-electron chi connectivity index (χ0n) is 15.6. The summed E-state index contributed by atoms with van der Waals surface area (Å²) in [6, 6.07) is -0.302. The lowest BCUT2D eigenvalue weighted by atomic mass is 10.0. The second-order valence-corrected chi connectivity index (χ2v) is 7.31. The van der Waals surface area contributed by atoms with Crippen LogP contribution in [0.25, 0.3) is 0 Å². The fraction of sp³-hybridized carbons (Fsp3) is 0.706. The van der Waals surface area contributed by atoms with E-state index in [1.807, 2.05) is 27.7 Å². The third kappa shape index (κ3) is 4.50. The average Bonchev–Trinajstić information content (AvgIpc) is 2.85. The first-order valence-corrected chi connectivity index (χ1v) is 8.60. The van der Waals surface area contributed by atoms with E-state index in [4.69, 9.17) is 4.74 Å². The molecule has 1 aromatic heterocycles. The van der Waals surface area contributed by atoms with Gasteiger partial charge in [0.25, 0.3) is 5.91 Å². The van der Waals surface area contributed by atoms with Crippen LogP contribution in [-0.2, 0) is 24.8 Å². The highest BCUT2D eigenvalue weighted by Gasteiger charge is 2.31. The molecule has 1 aliphatic rings. The number of carbonyl (C=O) groups is 2. The lowest BCUT2D eigenvalue weighted by molar-refractivity contribution is 0.0222. The quantitative estimate of drug-likeness (QED) is 0.849. The number of nitrogens with one attached hydrogen (secondary N) is 1. The molecule has 8 heteroatoms. The molecule has 0 saturated heterocycles. The molecule has 0 bridgehead atoms. The molecule has 8 nitrogen and oxygen atoms in total. The van der Waals surface area contributed by atoms with Gasteiger partial charge in [-0.15, -0.1) is 0 Å². The third-order valence-electron chi connectivity index (χ3n) is 4.11. The highest BCUT2D eigenvalue weighted by molar-refractivity contribution is 5.94. The van der Waals surface area contributed by atoms with Gasteiger partial charge in [0.05, 0.1) is 24.9 Å². The third-order valence-corrected chi connectivity index (χ3v) is 4.11. The van der Waals surface area contributed by atoms with E-state index in [2.05, 4.69) is 10.4 Å². The van der Waals surface area contributed by atoms with Crippen LogP contribution in [0.2, 0.25) is 0 Å². The molecule has 2 amide bonds. The van der Waals surface area contributed by atoms with Crippen molar-refractivity contribution in [2.45, 2.75) is 58.7 Å². The summed E-state index contributed by atoms with van der Waals surface area (Å²) in [5.74, 6) is -0.289. The number of ether oxygens (including phenoxy) is 1. The van der Waals surface area contributed by atoms with Crippen molar-refractivity contribution in [2.24, 2.45) is 7.05 Å². The largest absolute Gasteiger partial charge is 0.444 e. The van der Waals surface area contributed by atoms with E-state index in [1.54, 1.807) is 16.6 Å². The second-order valence-electron chi connectivity index (χ2n) is 7.31. The van der Waals surface area contributed by atoms with Crippen LogP contribution in [0.4, 0.5) is 4.79 Å². The Balaban J connectivity index is 2.20. The number of hydrogen-bond acceptors (Lipinski definition) is 5. The molecular formula is C17H28N4O4. The van der Waals surface area contributed by atoms with Crippen molar-refractivity contribution in [3.05, 3.63) is 17.0 Å². The molecule has 140 valence electrons. The number of fused-ring (bicyclic) bond motifs is 1. The monoisotopic (exact) mass is 352 g/mol. The van der Waals surface area contributed by atoms with Gasteiger partial charge >= 0.3 is 6.09 Å². The molecule has 0 spiro atoms. The van der Waals surface area contributed by atoms with E-state index < -0.39 is 11.7 Å². The molecule has 0 saturated carbocycles. The number of carbonyl (C=O) groups excluding carboxylic acids is 2. The maximum absolute atomic E-state index is 12.6. The summed E-state index contributed by atoms with van der Waals surface area (Å²) in [4.78, 5) is 26.5. The summed E-state index contributed by atoms with van der Waals surface area (Å²) < 4.78 is 6.97. The molecule has 2 N–H and O–H groups in total. The van der Waals surface area contributed by atoms with Gasteiger partial charge in [0, 0.05) is 25.6 Å². The van der Waals surface area contributed by atoms with Crippen LogP contribution in [0.15, 0.2) is 0 Å². The molecule has 1 unspecified atom stereocenters. The van der Waals surface area contributed by atoms with Gasteiger partial charge in [0.1, 0.15) is 11.3 Å². The first-order valence-electron chi connectivity index (χ1n) is 8.60. The standard InChI is InChI=1S/C17H28N4O4/c1-6-11(10-22)18-15(23)14-12-9-21(16(24)25-17(2,3)4)8-7-13(12)19-20(14)5/h11,22H,6-10H2,1-5H3,(H,18,23). The van der Waals surface area contributed by atoms with Crippen molar-refractivity contribution in [1.29, 1.82) is 0 Å². The molecule has 2 rings (SSSR count). The summed E-state index contributed by atoms with van der Waals surface area (Å²) in [6.07, 6.45) is 0.814. The van der Waals surface area contributed by atoms with Gasteiger partial charge in [-0.1, -0.05) is 6.92 Å². The molecular weight excluding hydrogens is 324 g/mol. The zero-order chi connectivity index (χ0) is 18.8. The van der Waals surface area contributed by atoms with Gasteiger partial charge < -0.3 is 20.1 Å². The van der Waals surface area contributed by atoms with Gasteiger partial charge in [0.2, 0.25) is 0 Å². The van der Waals surface area contributed by atoms with Crippen molar-refractivity contribution >= 4 is 12.0 Å². The molecule has 0 radical (unpaired) electrons. The van der Waals surface area contributed by atoms with Crippen LogP contribution in [0.1, 0.15) is 55.9 Å². The number of aryl methyl sites for hydroxylation is 1. The van der Waals surface area contributed by atoms with Crippen molar-refractivity contribution in [1.82, 2.24) is 20.0 Å². The minimum atomic E-state index is -0.567. The van der Waals surface area contributed by atoms with Crippen molar-refractivity contribution in [2.75, 3.05) is 13.2 Å². The number of rotatable bonds is 4. The molecule has 1 aromatic rings. The number of amides is 2. The molecule has 0 aromatic carbocycles. The Morgan fingerprint density at radius 1 is 1.40 bits per heavy atom. The summed E-state index contributed by atoms with van der Waals surface area (Å²) >= 11 is 0. The topological polar surface area (TPSA) is 96.7 Å². The molecule has 1 aliphatic heterocycles. The summed E-state index contributed by atoms with van der Waals surface area (Å²) in [5, 5.41) is 16.5. The molecule has 0 fully saturated rings. The minimum absolute atomic E-state index is 0.119. The van der Waals surface area contributed by atoms with Crippen LogP contribution in [0.5, 0.6) is 0 Å². The molecule has 25 heavy (non-hydrogen) atoms.